The monoisotopic (exact) mass is 394 g/mol. The van der Waals surface area contributed by atoms with E-state index >= 15 is 0 Å². The summed E-state index contributed by atoms with van der Waals surface area (Å²) in [6.07, 6.45) is 1.31. The maximum absolute atomic E-state index is 12.3. The molecule has 0 radical (unpaired) electrons. The molecule has 0 aromatic heterocycles. The molecule has 2 heterocycles. The average Bonchev–Trinajstić information content (AvgIpc) is 2.86. The van der Waals surface area contributed by atoms with Crippen molar-refractivity contribution in [3.8, 4) is 5.75 Å². The Balaban J connectivity index is 1.45. The van der Waals surface area contributed by atoms with Gasteiger partial charge in [-0.15, -0.1) is 0 Å². The van der Waals surface area contributed by atoms with E-state index in [2.05, 4.69) is 30.0 Å². The fourth-order valence-corrected chi connectivity index (χ4v) is 3.86. The summed E-state index contributed by atoms with van der Waals surface area (Å²) in [4.78, 5) is 26.1. The number of nitrogens with zero attached hydrogens (tertiary/aromatic N) is 1. The highest BCUT2D eigenvalue weighted by Gasteiger charge is 2.29. The van der Waals surface area contributed by atoms with Crippen LogP contribution in [0.15, 0.2) is 18.2 Å². The molecule has 0 spiro atoms. The highest BCUT2D eigenvalue weighted by atomic mass is 35.5. The van der Waals surface area contributed by atoms with Crippen LogP contribution in [0, 0.1) is 5.92 Å². The number of benzene rings is 1. The first-order chi connectivity index (χ1) is 12.9. The van der Waals surface area contributed by atoms with Gasteiger partial charge in [-0.05, 0) is 44.4 Å². The minimum atomic E-state index is -0.0951. The van der Waals surface area contributed by atoms with Crippen LogP contribution in [-0.2, 0) is 16.1 Å². The summed E-state index contributed by atoms with van der Waals surface area (Å²) in [5, 5.41) is 3.53. The van der Waals surface area contributed by atoms with Gasteiger partial charge in [-0.3, -0.25) is 20.4 Å². The smallest absolute Gasteiger partial charge is 0.260 e. The molecule has 3 N–H and O–H groups in total. The third kappa shape index (κ3) is 5.12. The van der Waals surface area contributed by atoms with Crippen molar-refractivity contribution >= 4 is 23.4 Å². The van der Waals surface area contributed by atoms with Crippen LogP contribution in [-0.4, -0.2) is 48.5 Å². The van der Waals surface area contributed by atoms with Gasteiger partial charge in [0.2, 0.25) is 5.91 Å². The summed E-state index contributed by atoms with van der Waals surface area (Å²) < 4.78 is 5.54. The van der Waals surface area contributed by atoms with Crippen LogP contribution in [0.1, 0.15) is 32.3 Å². The van der Waals surface area contributed by atoms with E-state index in [1.807, 2.05) is 6.07 Å². The molecule has 0 aliphatic carbocycles. The molecule has 0 bridgehead atoms. The molecule has 1 fully saturated rings. The molecular weight excluding hydrogens is 368 g/mol. The van der Waals surface area contributed by atoms with Gasteiger partial charge in [0.15, 0.2) is 6.61 Å². The van der Waals surface area contributed by atoms with Gasteiger partial charge in [0.25, 0.3) is 5.91 Å². The second kappa shape index (κ2) is 8.91. The van der Waals surface area contributed by atoms with E-state index in [-0.39, 0.29) is 18.4 Å². The predicted octanol–water partition coefficient (Wildman–Crippen LogP) is 1.46. The van der Waals surface area contributed by atoms with Crippen molar-refractivity contribution in [2.45, 2.75) is 45.3 Å². The number of ether oxygens (including phenoxy) is 1. The van der Waals surface area contributed by atoms with E-state index < -0.39 is 0 Å². The maximum atomic E-state index is 12.3. The number of rotatable bonds is 6. The van der Waals surface area contributed by atoms with E-state index in [1.165, 1.54) is 0 Å². The van der Waals surface area contributed by atoms with Crippen molar-refractivity contribution in [1.82, 2.24) is 21.1 Å². The van der Waals surface area contributed by atoms with Crippen LogP contribution < -0.4 is 20.9 Å². The van der Waals surface area contributed by atoms with E-state index in [4.69, 9.17) is 16.3 Å². The van der Waals surface area contributed by atoms with E-state index in [0.29, 0.717) is 54.8 Å². The number of halogens is 1. The summed E-state index contributed by atoms with van der Waals surface area (Å²) in [6.45, 7) is 5.54. The molecule has 1 aromatic carbocycles. The highest BCUT2D eigenvalue weighted by Crippen LogP contribution is 2.26. The zero-order chi connectivity index (χ0) is 19.4. The molecule has 1 saturated heterocycles. The van der Waals surface area contributed by atoms with E-state index in [0.717, 1.165) is 12.0 Å². The van der Waals surface area contributed by atoms with Gasteiger partial charge in [0.05, 0.1) is 0 Å². The number of fused-ring (bicyclic) bond motifs is 1. The van der Waals surface area contributed by atoms with E-state index in [9.17, 15) is 9.59 Å². The number of carbonyl (C=O) groups is 2. The number of nitrogens with one attached hydrogen (secondary N) is 3. The molecule has 2 unspecified atom stereocenters. The first kappa shape index (κ1) is 19.9. The van der Waals surface area contributed by atoms with E-state index in [1.54, 1.807) is 17.0 Å². The molecule has 1 aromatic rings. The predicted molar refractivity (Wildman–Crippen MR) is 103 cm³/mol. The molecule has 2 aliphatic rings. The normalized spacial score (nSPS) is 24.9. The van der Waals surface area contributed by atoms with Crippen LogP contribution in [0.5, 0.6) is 5.75 Å². The van der Waals surface area contributed by atoms with Gasteiger partial charge < -0.3 is 15.0 Å². The number of hydrogen-bond acceptors (Lipinski definition) is 5. The molecule has 0 saturated carbocycles. The van der Waals surface area contributed by atoms with Crippen molar-refractivity contribution in [1.29, 1.82) is 0 Å². The molecule has 148 valence electrons. The number of carbonyl (C=O) groups excluding carboxylic acids is 2. The molecule has 27 heavy (non-hydrogen) atoms. The Morgan fingerprint density at radius 2 is 2.07 bits per heavy atom. The Morgan fingerprint density at radius 3 is 2.81 bits per heavy atom. The Morgan fingerprint density at radius 1 is 1.33 bits per heavy atom. The quantitative estimate of drug-likeness (QED) is 0.680. The first-order valence-electron chi connectivity index (χ1n) is 9.41. The molecular formula is C19H27ClN4O3. The lowest BCUT2D eigenvalue weighted by molar-refractivity contribution is -0.133. The molecule has 2 atom stereocenters. The van der Waals surface area contributed by atoms with Crippen LogP contribution in [0.25, 0.3) is 0 Å². The Kier molecular flexibility index (Phi) is 6.57. The lowest BCUT2D eigenvalue weighted by Gasteiger charge is -2.21. The topological polar surface area (TPSA) is 82.7 Å². The van der Waals surface area contributed by atoms with Crippen LogP contribution in [0.2, 0.25) is 5.02 Å². The van der Waals surface area contributed by atoms with Crippen LogP contribution in [0.3, 0.4) is 0 Å². The van der Waals surface area contributed by atoms with Crippen molar-refractivity contribution in [2.24, 2.45) is 5.92 Å². The van der Waals surface area contributed by atoms with Gasteiger partial charge >= 0.3 is 0 Å². The summed E-state index contributed by atoms with van der Waals surface area (Å²) in [5.74, 6) is 1.04. The summed E-state index contributed by atoms with van der Waals surface area (Å²) in [6, 6.07) is 6.06. The Labute approximate surface area is 164 Å². The summed E-state index contributed by atoms with van der Waals surface area (Å²) in [7, 11) is 0. The zero-order valence-electron chi connectivity index (χ0n) is 15.8. The van der Waals surface area contributed by atoms with Gasteiger partial charge in [-0.2, -0.15) is 0 Å². The van der Waals surface area contributed by atoms with Crippen molar-refractivity contribution in [3.05, 3.63) is 28.8 Å². The van der Waals surface area contributed by atoms with Crippen molar-refractivity contribution < 1.29 is 14.3 Å². The van der Waals surface area contributed by atoms with Gasteiger partial charge in [-0.25, -0.2) is 0 Å². The number of amides is 2. The molecule has 7 nitrogen and oxygen atoms in total. The third-order valence-corrected chi connectivity index (χ3v) is 5.55. The Hall–Kier alpha value is -1.83. The number of hydrogen-bond donors (Lipinski definition) is 3. The lowest BCUT2D eigenvalue weighted by Crippen LogP contribution is -2.39. The maximum Gasteiger partial charge on any atom is 0.260 e. The fourth-order valence-electron chi connectivity index (χ4n) is 3.67. The van der Waals surface area contributed by atoms with Gasteiger partial charge in [-0.1, -0.05) is 11.6 Å². The van der Waals surface area contributed by atoms with Gasteiger partial charge in [0, 0.05) is 48.7 Å². The molecule has 2 amide bonds. The average molecular weight is 395 g/mol. The SMILES string of the molecule is CC1NNC(C)C1CCC(=O)NCCN1Cc2cc(Cl)ccc2OCC1=O. The van der Waals surface area contributed by atoms with Crippen LogP contribution in [0.4, 0.5) is 0 Å². The molecule has 8 heteroatoms. The van der Waals surface area contributed by atoms with Crippen LogP contribution >= 0.6 is 11.6 Å². The lowest BCUT2D eigenvalue weighted by atomic mass is 9.91. The van der Waals surface area contributed by atoms with Crippen molar-refractivity contribution in [2.75, 3.05) is 19.7 Å². The Bertz CT molecular complexity index is 690. The summed E-state index contributed by atoms with van der Waals surface area (Å²) in [5.41, 5.74) is 7.29. The minimum Gasteiger partial charge on any atom is -0.483 e. The minimum absolute atomic E-state index is 0.0000354. The summed E-state index contributed by atoms with van der Waals surface area (Å²) >= 11 is 6.04. The molecule has 2 aliphatic heterocycles. The first-order valence-corrected chi connectivity index (χ1v) is 9.78. The largest absolute Gasteiger partial charge is 0.483 e. The second-order valence-electron chi connectivity index (χ2n) is 7.27. The second-order valence-corrected chi connectivity index (χ2v) is 7.71. The molecule has 3 rings (SSSR count). The highest BCUT2D eigenvalue weighted by molar-refractivity contribution is 6.30. The van der Waals surface area contributed by atoms with Gasteiger partial charge in [0.1, 0.15) is 5.75 Å². The zero-order valence-corrected chi connectivity index (χ0v) is 16.5. The number of hydrazine groups is 1. The van der Waals surface area contributed by atoms with Crippen molar-refractivity contribution in [3.63, 3.8) is 0 Å². The standard InChI is InChI=1S/C19H27ClN4O3/c1-12-16(13(2)23-22-12)4-6-18(25)21-7-8-24-10-14-9-15(20)3-5-17(14)27-11-19(24)26/h3,5,9,12-13,16,22-23H,4,6-8,10-11H2,1-2H3,(H,21,25). The fraction of sp³-hybridized carbons (Fsp3) is 0.579. The third-order valence-electron chi connectivity index (χ3n) is 5.32.